The van der Waals surface area contributed by atoms with Gasteiger partial charge in [-0.3, -0.25) is 0 Å². The Morgan fingerprint density at radius 3 is 2.78 bits per heavy atom. The molecule has 1 unspecified atom stereocenters. The topological polar surface area (TPSA) is 49.4 Å². The van der Waals surface area contributed by atoms with E-state index in [-0.39, 0.29) is 6.04 Å². The first-order chi connectivity index (χ1) is 8.68. The average molecular weight is 286 g/mol. The van der Waals surface area contributed by atoms with Crippen LogP contribution in [-0.4, -0.2) is 37.9 Å². The van der Waals surface area contributed by atoms with Crippen molar-refractivity contribution in [3.63, 3.8) is 0 Å². The van der Waals surface area contributed by atoms with Crippen molar-refractivity contribution < 1.29 is 8.42 Å². The summed E-state index contributed by atoms with van der Waals surface area (Å²) in [5.41, 5.74) is 0. The second-order valence-electron chi connectivity index (χ2n) is 5.03. The van der Waals surface area contributed by atoms with Crippen LogP contribution >= 0.6 is 11.3 Å². The lowest BCUT2D eigenvalue weighted by Crippen LogP contribution is -2.42. The minimum Gasteiger partial charge on any atom is -0.313 e. The van der Waals surface area contributed by atoms with E-state index in [1.54, 1.807) is 16.4 Å². The van der Waals surface area contributed by atoms with Gasteiger partial charge in [0.25, 0.3) is 10.0 Å². The maximum absolute atomic E-state index is 12.6. The second-order valence-corrected chi connectivity index (χ2v) is 8.10. The van der Waals surface area contributed by atoms with Crippen molar-refractivity contribution in [1.82, 2.24) is 9.62 Å². The van der Waals surface area contributed by atoms with Gasteiger partial charge in [0.15, 0.2) is 0 Å². The Morgan fingerprint density at radius 1 is 1.39 bits per heavy atom. The number of thiophene rings is 1. The molecule has 6 heteroatoms. The quantitative estimate of drug-likeness (QED) is 0.895. The van der Waals surface area contributed by atoms with Crippen LogP contribution in [0, 0.1) is 0 Å². The van der Waals surface area contributed by atoms with Gasteiger partial charge in [-0.25, -0.2) is 8.42 Å². The molecule has 18 heavy (non-hydrogen) atoms. The Balaban J connectivity index is 1.80. The van der Waals surface area contributed by atoms with E-state index in [9.17, 15) is 8.42 Å². The summed E-state index contributed by atoms with van der Waals surface area (Å²) in [6.45, 7) is 1.65. The lowest BCUT2D eigenvalue weighted by molar-refractivity contribution is 0.363. The summed E-state index contributed by atoms with van der Waals surface area (Å²) >= 11 is 1.31. The molecule has 2 heterocycles. The molecule has 1 saturated carbocycles. The molecule has 2 fully saturated rings. The summed E-state index contributed by atoms with van der Waals surface area (Å²) in [5, 5.41) is 5.21. The van der Waals surface area contributed by atoms with E-state index in [1.807, 2.05) is 5.38 Å². The van der Waals surface area contributed by atoms with Crippen molar-refractivity contribution in [3.8, 4) is 0 Å². The molecule has 1 aromatic heterocycles. The summed E-state index contributed by atoms with van der Waals surface area (Å²) in [6.07, 6.45) is 4.26. The number of rotatable bonds is 5. The van der Waals surface area contributed by atoms with Gasteiger partial charge in [-0.15, -0.1) is 11.3 Å². The first kappa shape index (κ1) is 12.6. The highest BCUT2D eigenvalue weighted by Gasteiger charge is 2.39. The van der Waals surface area contributed by atoms with Crippen LogP contribution in [0.4, 0.5) is 0 Å². The molecular formula is C12H18N2O2S2. The first-order valence-electron chi connectivity index (χ1n) is 6.46. The van der Waals surface area contributed by atoms with Gasteiger partial charge in [0.1, 0.15) is 4.21 Å². The van der Waals surface area contributed by atoms with Gasteiger partial charge in [0.05, 0.1) is 0 Å². The number of nitrogens with zero attached hydrogens (tertiary/aromatic N) is 1. The summed E-state index contributed by atoms with van der Waals surface area (Å²) in [7, 11) is -3.27. The summed E-state index contributed by atoms with van der Waals surface area (Å²) in [6, 6.07) is 4.08. The van der Waals surface area contributed by atoms with Crippen LogP contribution in [0.5, 0.6) is 0 Å². The molecule has 0 radical (unpaired) electrons. The SMILES string of the molecule is O=S(=O)(c1cccs1)N(CC1CCCN1)C1CC1. The van der Waals surface area contributed by atoms with E-state index in [4.69, 9.17) is 0 Å². The second kappa shape index (κ2) is 4.92. The predicted octanol–water partition coefficient (Wildman–Crippen LogP) is 1.65. The molecule has 3 rings (SSSR count). The number of hydrogen-bond donors (Lipinski definition) is 1. The molecule has 1 aliphatic heterocycles. The van der Waals surface area contributed by atoms with E-state index >= 15 is 0 Å². The van der Waals surface area contributed by atoms with Gasteiger partial charge >= 0.3 is 0 Å². The summed E-state index contributed by atoms with van der Waals surface area (Å²) in [5.74, 6) is 0. The molecule has 0 bridgehead atoms. The minimum absolute atomic E-state index is 0.236. The van der Waals surface area contributed by atoms with Crippen molar-refractivity contribution >= 4 is 21.4 Å². The molecule has 0 aromatic carbocycles. The Hall–Kier alpha value is -0.430. The van der Waals surface area contributed by atoms with Crippen LogP contribution < -0.4 is 5.32 Å². The van der Waals surface area contributed by atoms with E-state index in [1.165, 1.54) is 11.3 Å². The van der Waals surface area contributed by atoms with Crippen LogP contribution in [0.25, 0.3) is 0 Å². The number of hydrogen-bond acceptors (Lipinski definition) is 4. The number of sulfonamides is 1. The summed E-state index contributed by atoms with van der Waals surface area (Å²) < 4.78 is 27.3. The van der Waals surface area contributed by atoms with Crippen LogP contribution in [0.15, 0.2) is 21.7 Å². The van der Waals surface area contributed by atoms with Gasteiger partial charge in [-0.2, -0.15) is 4.31 Å². The molecule has 1 aliphatic carbocycles. The fourth-order valence-corrected chi connectivity index (χ4v) is 5.31. The molecule has 1 saturated heterocycles. The third-order valence-corrected chi connectivity index (χ3v) is 6.87. The summed E-state index contributed by atoms with van der Waals surface area (Å²) in [4.78, 5) is 0. The lowest BCUT2D eigenvalue weighted by atomic mass is 10.2. The Bertz CT molecular complexity index is 488. The molecule has 1 N–H and O–H groups in total. The zero-order valence-electron chi connectivity index (χ0n) is 10.2. The van der Waals surface area contributed by atoms with E-state index in [0.29, 0.717) is 16.8 Å². The van der Waals surface area contributed by atoms with E-state index in [0.717, 1.165) is 32.2 Å². The lowest BCUT2D eigenvalue weighted by Gasteiger charge is -2.24. The van der Waals surface area contributed by atoms with E-state index < -0.39 is 10.0 Å². The number of nitrogens with one attached hydrogen (secondary N) is 1. The van der Waals surface area contributed by atoms with Gasteiger partial charge < -0.3 is 5.32 Å². The normalized spacial score (nSPS) is 24.8. The van der Waals surface area contributed by atoms with Gasteiger partial charge in [0.2, 0.25) is 0 Å². The predicted molar refractivity (Wildman–Crippen MR) is 72.3 cm³/mol. The molecule has 0 spiro atoms. The maximum atomic E-state index is 12.6. The van der Waals surface area contributed by atoms with Crippen molar-refractivity contribution in [1.29, 1.82) is 0 Å². The Morgan fingerprint density at radius 2 is 2.22 bits per heavy atom. The molecule has 1 aromatic rings. The fourth-order valence-electron chi connectivity index (χ4n) is 2.46. The first-order valence-corrected chi connectivity index (χ1v) is 8.78. The highest BCUT2D eigenvalue weighted by Crippen LogP contribution is 2.33. The minimum atomic E-state index is -3.27. The van der Waals surface area contributed by atoms with Crippen molar-refractivity contribution in [2.45, 2.75) is 42.0 Å². The van der Waals surface area contributed by atoms with Crippen molar-refractivity contribution in [2.24, 2.45) is 0 Å². The standard InChI is InChI=1S/C12H18N2O2S2/c15-18(16,12-4-2-8-17-12)14(11-5-6-11)9-10-3-1-7-13-10/h2,4,8,10-11,13H,1,3,5-7,9H2. The average Bonchev–Trinajstić information content (AvgIpc) is 2.87. The Labute approximate surface area is 112 Å². The smallest absolute Gasteiger partial charge is 0.252 e. The zero-order chi connectivity index (χ0) is 12.6. The molecule has 0 amide bonds. The van der Waals surface area contributed by atoms with Crippen LogP contribution in [-0.2, 0) is 10.0 Å². The van der Waals surface area contributed by atoms with Gasteiger partial charge in [-0.1, -0.05) is 6.07 Å². The van der Waals surface area contributed by atoms with Crippen LogP contribution in [0.3, 0.4) is 0 Å². The molecule has 1 atom stereocenters. The highest BCUT2D eigenvalue weighted by atomic mass is 32.2. The zero-order valence-corrected chi connectivity index (χ0v) is 11.8. The molecule has 4 nitrogen and oxygen atoms in total. The molecule has 2 aliphatic rings. The van der Waals surface area contributed by atoms with Crippen LogP contribution in [0.2, 0.25) is 0 Å². The largest absolute Gasteiger partial charge is 0.313 e. The monoisotopic (exact) mass is 286 g/mol. The Kier molecular flexibility index (Phi) is 3.44. The van der Waals surface area contributed by atoms with Gasteiger partial charge in [-0.05, 0) is 43.7 Å². The van der Waals surface area contributed by atoms with E-state index in [2.05, 4.69) is 5.32 Å². The third-order valence-electron chi connectivity index (χ3n) is 3.57. The fraction of sp³-hybridized carbons (Fsp3) is 0.667. The van der Waals surface area contributed by atoms with Crippen LogP contribution in [0.1, 0.15) is 25.7 Å². The van der Waals surface area contributed by atoms with Gasteiger partial charge in [0, 0.05) is 18.6 Å². The molecular weight excluding hydrogens is 268 g/mol. The third kappa shape index (κ3) is 2.47. The van der Waals surface area contributed by atoms with Crippen molar-refractivity contribution in [2.75, 3.05) is 13.1 Å². The maximum Gasteiger partial charge on any atom is 0.252 e. The van der Waals surface area contributed by atoms with Crippen molar-refractivity contribution in [3.05, 3.63) is 17.5 Å². The molecule has 100 valence electrons. The highest BCUT2D eigenvalue weighted by molar-refractivity contribution is 7.91.